The molecule has 65 heavy (non-hydrogen) atoms. The lowest BCUT2D eigenvalue weighted by Gasteiger charge is -2.59. The van der Waals surface area contributed by atoms with Gasteiger partial charge in [-0.1, -0.05) is 50.6 Å². The van der Waals surface area contributed by atoms with Gasteiger partial charge in [-0.25, -0.2) is 19.2 Å². The summed E-state index contributed by atoms with van der Waals surface area (Å²) in [6, 6.07) is 11.6. The summed E-state index contributed by atoms with van der Waals surface area (Å²) >= 11 is 11.2. The fraction of sp³-hybridized carbons (Fsp3) is 0.556. The number of allylic oxidation sites excluding steroid dienone is 3. The molecular formula is C45H62Cl2N7O10P. The molecule has 0 radical (unpaired) electrons. The second kappa shape index (κ2) is 21.6. The van der Waals surface area contributed by atoms with Crippen molar-refractivity contribution in [1.29, 1.82) is 0 Å². The Morgan fingerprint density at radius 2 is 1.78 bits per heavy atom. The van der Waals surface area contributed by atoms with E-state index in [9.17, 15) is 29.2 Å². The number of Topliss-reactive ketones (excluding diaryl/α,β-unsaturated/α-hetero) is 1. The number of ketones is 1. The van der Waals surface area contributed by atoms with Gasteiger partial charge >= 0.3 is 19.3 Å². The van der Waals surface area contributed by atoms with Gasteiger partial charge in [0.2, 0.25) is 5.78 Å². The first-order valence-corrected chi connectivity index (χ1v) is 24.3. The molecule has 1 saturated heterocycles. The maximum atomic E-state index is 13.4. The Morgan fingerprint density at radius 1 is 1.12 bits per heavy atom. The average Bonchev–Trinajstić information content (AvgIpc) is 3.74. The van der Waals surface area contributed by atoms with Crippen LogP contribution in [-0.2, 0) is 34.6 Å². The second-order valence-corrected chi connectivity index (χ2v) is 20.5. The molecule has 3 heterocycles. The molecule has 17 nitrogen and oxygen atoms in total. The number of aliphatic carboxylic acids is 1. The van der Waals surface area contributed by atoms with E-state index in [-0.39, 0.29) is 34.9 Å². The number of rotatable bonds is 9. The van der Waals surface area contributed by atoms with Crippen molar-refractivity contribution in [3.63, 3.8) is 0 Å². The summed E-state index contributed by atoms with van der Waals surface area (Å²) in [6.45, 7) is 12.5. The minimum atomic E-state index is -2.84. The molecule has 1 aliphatic heterocycles. The van der Waals surface area contributed by atoms with Gasteiger partial charge in [0.15, 0.2) is 6.61 Å². The van der Waals surface area contributed by atoms with Crippen LogP contribution >= 0.6 is 30.9 Å². The van der Waals surface area contributed by atoms with Crippen LogP contribution in [0.3, 0.4) is 0 Å². The van der Waals surface area contributed by atoms with Gasteiger partial charge in [0.1, 0.15) is 11.4 Å². The number of carboxylic acid groups (broad SMARTS) is 1. The number of carbonyl (C=O) groups is 3. The van der Waals surface area contributed by atoms with Crippen LogP contribution in [0.1, 0.15) is 72.1 Å². The van der Waals surface area contributed by atoms with E-state index in [2.05, 4.69) is 53.2 Å². The number of aliphatic hydroxyl groups excluding tert-OH is 1. The third-order valence-corrected chi connectivity index (χ3v) is 16.0. The first-order valence-electron chi connectivity index (χ1n) is 21.6. The standard InChI is InChI=1S/C32H38N2O5.C7H15Cl2N2O2P.C4H5N3O.C2H4O2/c1-18-11-23-25-12-19(2)32(38,28(37)17-39-20(3)35)31(25,5)15-27(36)29(23)30(4)14-21-16-33-34(26(21)13-24(18)30)22-9-7-6-8-10-22;8-2-5-11(6-3-9)14(12)10-4-1-7-13-14;5-3-1-2-6-4(8)7-3;1-2(3)4/h6-11,13,16,19,23,25,27,29,36,38H,12,14-15,17H2,1-5H3;1-7H2,(H,10,12);1-2H,(H3,5,6,7,8);1H3,(H,3,4)/t19-,23+,25+,27+,29-,30+,31+,32+;;;/m1.../s1. The maximum Gasteiger partial charge on any atom is 0.346 e. The van der Waals surface area contributed by atoms with Gasteiger partial charge < -0.3 is 35.3 Å². The second-order valence-electron chi connectivity index (χ2n) is 17.6. The van der Waals surface area contributed by atoms with Crippen molar-refractivity contribution >= 4 is 60.5 Å². The molecule has 3 fully saturated rings. The molecule has 9 atom stereocenters. The number of alkyl halides is 2. The topological polar surface area (TPSA) is 252 Å². The zero-order valence-electron chi connectivity index (χ0n) is 37.7. The van der Waals surface area contributed by atoms with Crippen LogP contribution < -0.4 is 16.5 Å². The van der Waals surface area contributed by atoms with Crippen molar-refractivity contribution in [3.05, 3.63) is 87.8 Å². The quantitative estimate of drug-likeness (QED) is 0.0864. The Kier molecular flexibility index (Phi) is 17.2. The van der Waals surface area contributed by atoms with E-state index in [4.69, 9.17) is 53.2 Å². The number of ether oxygens (including phenoxy) is 1. The highest BCUT2D eigenvalue weighted by molar-refractivity contribution is 7.54. The van der Waals surface area contributed by atoms with Gasteiger partial charge in [-0.15, -0.1) is 23.2 Å². The number of hydrogen-bond donors (Lipinski definition) is 6. The molecule has 0 spiro atoms. The summed E-state index contributed by atoms with van der Waals surface area (Å²) in [5.74, 6) is -1.13. The number of nitrogen functional groups attached to an aromatic ring is 1. The summed E-state index contributed by atoms with van der Waals surface area (Å²) in [4.78, 5) is 49.7. The molecule has 2 aromatic heterocycles. The Hall–Kier alpha value is -4.19. The summed E-state index contributed by atoms with van der Waals surface area (Å²) in [7, 11) is -2.84. The normalized spacial score (nSPS) is 30.7. The first-order chi connectivity index (χ1) is 30.7. The van der Waals surface area contributed by atoms with Crippen LogP contribution in [0.4, 0.5) is 5.82 Å². The number of nitrogens with two attached hydrogens (primary N) is 1. The fourth-order valence-corrected chi connectivity index (χ4v) is 13.3. The summed E-state index contributed by atoms with van der Waals surface area (Å²) in [6.07, 6.45) is 9.86. The van der Waals surface area contributed by atoms with Crippen molar-refractivity contribution < 1.29 is 43.5 Å². The van der Waals surface area contributed by atoms with Gasteiger partial charge in [-0.2, -0.15) is 10.1 Å². The highest BCUT2D eigenvalue weighted by Crippen LogP contribution is 2.68. The minimum absolute atomic E-state index is 0.00428. The van der Waals surface area contributed by atoms with Crippen molar-refractivity contribution in [3.8, 4) is 5.69 Å². The van der Waals surface area contributed by atoms with Crippen molar-refractivity contribution in [2.24, 2.45) is 34.5 Å². The number of halogens is 2. The van der Waals surface area contributed by atoms with Gasteiger partial charge in [0, 0.05) is 68.2 Å². The van der Waals surface area contributed by atoms with E-state index in [1.165, 1.54) is 30.3 Å². The largest absolute Gasteiger partial charge is 0.481 e. The van der Waals surface area contributed by atoms with Crippen LogP contribution in [0, 0.1) is 34.5 Å². The molecule has 2 saturated carbocycles. The van der Waals surface area contributed by atoms with Crippen molar-refractivity contribution in [2.45, 2.75) is 78.9 Å². The van der Waals surface area contributed by atoms with Gasteiger partial charge in [0.05, 0.1) is 30.3 Å². The molecular weight excluding hydrogens is 900 g/mol. The zero-order chi connectivity index (χ0) is 47.9. The number of esters is 1. The van der Waals surface area contributed by atoms with Crippen molar-refractivity contribution in [2.75, 3.05) is 50.3 Å². The third-order valence-electron chi connectivity index (χ3n) is 13.4. The number of H-pyrrole nitrogens is 1. The molecule has 356 valence electrons. The molecule has 1 unspecified atom stereocenters. The van der Waals surface area contributed by atoms with Crippen molar-refractivity contribution in [1.82, 2.24) is 29.5 Å². The molecule has 7 N–H and O–H groups in total. The van der Waals surface area contributed by atoms with Crippen LogP contribution in [0.5, 0.6) is 0 Å². The fourth-order valence-electron chi connectivity index (χ4n) is 10.7. The van der Waals surface area contributed by atoms with E-state index >= 15 is 0 Å². The number of para-hydroxylation sites is 1. The molecule has 5 aliphatic rings. The summed E-state index contributed by atoms with van der Waals surface area (Å²) in [5, 5.41) is 38.9. The number of anilines is 1. The lowest BCUT2D eigenvalue weighted by Crippen LogP contribution is -2.62. The minimum Gasteiger partial charge on any atom is -0.481 e. The lowest BCUT2D eigenvalue weighted by atomic mass is 9.46. The summed E-state index contributed by atoms with van der Waals surface area (Å²) < 4.78 is 26.2. The molecule has 20 heteroatoms. The monoisotopic (exact) mass is 961 g/mol. The van der Waals surface area contributed by atoms with E-state index in [1.54, 1.807) is 4.67 Å². The SMILES string of the molecule is CC(=O)O.CC(=O)OCC(=O)[C@@]1(O)[C@H](C)C[C@H]2[C@@H]3C=C(C)C4=Cc5c(cnn5-c5ccccc5)C[C@]4(C)[C@H]3[C@@H](O)C[C@@]21C.Nc1cc[nH]c(=O)n1.O=P1(N(CCCl)CCCl)NCCCO1. The Morgan fingerprint density at radius 3 is 2.34 bits per heavy atom. The maximum absolute atomic E-state index is 13.4. The third kappa shape index (κ3) is 11.0. The number of hydrogen-bond acceptors (Lipinski definition) is 12. The smallest absolute Gasteiger partial charge is 0.346 e. The van der Waals surface area contributed by atoms with Crippen LogP contribution in [0.25, 0.3) is 11.8 Å². The Labute approximate surface area is 389 Å². The van der Waals surface area contributed by atoms with Gasteiger partial charge in [-0.3, -0.25) is 18.9 Å². The number of nitrogens with one attached hydrogen (secondary N) is 2. The predicted octanol–water partition coefficient (Wildman–Crippen LogP) is 5.63. The molecule has 3 aromatic rings. The number of fused-ring (bicyclic) bond motifs is 6. The Bertz CT molecular complexity index is 2330. The highest BCUT2D eigenvalue weighted by atomic mass is 35.5. The highest BCUT2D eigenvalue weighted by Gasteiger charge is 2.70. The summed E-state index contributed by atoms with van der Waals surface area (Å²) in [5.41, 5.74) is 7.55. The van der Waals surface area contributed by atoms with Gasteiger partial charge in [0.25, 0.3) is 5.97 Å². The molecule has 8 rings (SSSR count). The average molecular weight is 963 g/mol. The number of carbonyl (C=O) groups excluding carboxylic acids is 2. The Balaban J connectivity index is 0.000000248. The first kappa shape index (κ1) is 51.8. The molecule has 1 aromatic carbocycles. The molecule has 0 amide bonds. The number of carboxylic acids is 1. The lowest BCUT2D eigenvalue weighted by molar-refractivity contribution is -0.182. The van der Waals surface area contributed by atoms with Crippen LogP contribution in [0.15, 0.2) is 70.8 Å². The predicted molar refractivity (Wildman–Crippen MR) is 248 cm³/mol. The van der Waals surface area contributed by atoms with E-state index in [1.807, 2.05) is 42.9 Å². The number of benzene rings is 1. The van der Waals surface area contributed by atoms with E-state index < -0.39 is 54.8 Å². The van der Waals surface area contributed by atoms with E-state index in [0.29, 0.717) is 44.3 Å². The molecule has 4 aliphatic carbocycles. The van der Waals surface area contributed by atoms with Gasteiger partial charge in [-0.05, 0) is 85.8 Å². The number of nitrogens with zero attached hydrogens (tertiary/aromatic N) is 4. The van der Waals surface area contributed by atoms with E-state index in [0.717, 1.165) is 43.3 Å². The van der Waals surface area contributed by atoms with Crippen LogP contribution in [-0.4, -0.2) is 114 Å². The molecule has 0 bridgehead atoms. The number of aromatic amines is 1. The number of aromatic nitrogens is 4. The van der Waals surface area contributed by atoms with Crippen LogP contribution in [0.2, 0.25) is 0 Å². The number of aliphatic hydroxyl groups is 2. The zero-order valence-corrected chi connectivity index (χ0v) is 40.1.